The third-order valence-corrected chi connectivity index (χ3v) is 2.21. The van der Waals surface area contributed by atoms with Crippen LogP contribution in [0.1, 0.15) is 5.56 Å². The van der Waals surface area contributed by atoms with Gasteiger partial charge in [-0.2, -0.15) is 0 Å². The van der Waals surface area contributed by atoms with Crippen molar-refractivity contribution in [3.8, 4) is 11.5 Å². The van der Waals surface area contributed by atoms with Gasteiger partial charge in [-0.3, -0.25) is 0 Å². The second-order valence-corrected chi connectivity index (χ2v) is 3.25. The van der Waals surface area contributed by atoms with E-state index < -0.39 is 0 Å². The Balaban J connectivity index is 0.000000980. The largest absolute Gasteiger partial charge is 0.497 e. The van der Waals surface area contributed by atoms with Crippen LogP contribution in [-0.2, 0) is 6.42 Å². The molecular formula is C10H14ClNO2. The maximum Gasteiger partial charge on any atom is 0.126 e. The Kier molecular flexibility index (Phi) is 3.61. The Hall–Kier alpha value is -0.930. The number of benzene rings is 1. The van der Waals surface area contributed by atoms with Gasteiger partial charge in [-0.15, -0.1) is 12.4 Å². The first kappa shape index (κ1) is 11.1. The zero-order valence-electron chi connectivity index (χ0n) is 8.03. The van der Waals surface area contributed by atoms with Crippen LogP contribution in [0.15, 0.2) is 18.2 Å². The van der Waals surface area contributed by atoms with E-state index >= 15 is 0 Å². The van der Waals surface area contributed by atoms with E-state index in [0.717, 1.165) is 17.9 Å². The number of fused-ring (bicyclic) bond motifs is 1. The van der Waals surface area contributed by atoms with E-state index in [9.17, 15) is 0 Å². The predicted molar refractivity (Wildman–Crippen MR) is 57.4 cm³/mol. The van der Waals surface area contributed by atoms with Crippen LogP contribution in [0, 0.1) is 0 Å². The molecule has 0 radical (unpaired) electrons. The summed E-state index contributed by atoms with van der Waals surface area (Å²) in [5, 5.41) is 0. The van der Waals surface area contributed by atoms with Gasteiger partial charge in [0.1, 0.15) is 18.1 Å². The molecule has 14 heavy (non-hydrogen) atoms. The summed E-state index contributed by atoms with van der Waals surface area (Å²) in [5.74, 6) is 1.73. The molecule has 1 atom stereocenters. The molecule has 78 valence electrons. The lowest BCUT2D eigenvalue weighted by Gasteiger charge is -2.22. The van der Waals surface area contributed by atoms with E-state index in [1.807, 2.05) is 18.2 Å². The number of ether oxygens (including phenoxy) is 2. The third-order valence-electron chi connectivity index (χ3n) is 2.21. The van der Waals surface area contributed by atoms with Crippen molar-refractivity contribution in [2.45, 2.75) is 12.5 Å². The Morgan fingerprint density at radius 1 is 1.50 bits per heavy atom. The van der Waals surface area contributed by atoms with Crippen LogP contribution in [0.4, 0.5) is 0 Å². The van der Waals surface area contributed by atoms with Crippen LogP contribution < -0.4 is 15.2 Å². The molecule has 1 aromatic rings. The van der Waals surface area contributed by atoms with Crippen molar-refractivity contribution in [1.82, 2.24) is 0 Å². The fraction of sp³-hybridized carbons (Fsp3) is 0.400. The van der Waals surface area contributed by atoms with Gasteiger partial charge in [0.15, 0.2) is 0 Å². The summed E-state index contributed by atoms with van der Waals surface area (Å²) in [5.41, 5.74) is 6.93. The van der Waals surface area contributed by atoms with E-state index in [2.05, 4.69) is 0 Å². The molecule has 0 fully saturated rings. The highest BCUT2D eigenvalue weighted by Gasteiger charge is 2.16. The quantitative estimate of drug-likeness (QED) is 0.770. The van der Waals surface area contributed by atoms with Crippen molar-refractivity contribution in [2.75, 3.05) is 13.7 Å². The first-order valence-corrected chi connectivity index (χ1v) is 4.35. The lowest BCUT2D eigenvalue weighted by molar-refractivity contribution is 0.262. The number of rotatable bonds is 1. The highest BCUT2D eigenvalue weighted by atomic mass is 35.5. The van der Waals surface area contributed by atoms with Gasteiger partial charge in [0.05, 0.1) is 7.11 Å². The molecule has 1 aliphatic heterocycles. The van der Waals surface area contributed by atoms with Crippen molar-refractivity contribution >= 4 is 12.4 Å². The van der Waals surface area contributed by atoms with Crippen molar-refractivity contribution < 1.29 is 9.47 Å². The van der Waals surface area contributed by atoms with Crippen LogP contribution >= 0.6 is 12.4 Å². The average molecular weight is 216 g/mol. The normalized spacial score (nSPS) is 18.9. The Morgan fingerprint density at radius 3 is 3.00 bits per heavy atom. The third kappa shape index (κ3) is 2.11. The summed E-state index contributed by atoms with van der Waals surface area (Å²) in [6, 6.07) is 5.97. The molecule has 0 aromatic heterocycles. The molecule has 0 bridgehead atoms. The lowest BCUT2D eigenvalue weighted by atomic mass is 10.0. The molecule has 1 aliphatic rings. The minimum absolute atomic E-state index is 0. The highest BCUT2D eigenvalue weighted by Crippen LogP contribution is 2.28. The number of nitrogens with two attached hydrogens (primary N) is 1. The van der Waals surface area contributed by atoms with E-state index in [1.54, 1.807) is 7.11 Å². The molecule has 4 heteroatoms. The highest BCUT2D eigenvalue weighted by molar-refractivity contribution is 5.85. The van der Waals surface area contributed by atoms with Gasteiger partial charge in [-0.05, 0) is 18.1 Å². The van der Waals surface area contributed by atoms with Crippen molar-refractivity contribution in [2.24, 2.45) is 5.73 Å². The number of halogens is 1. The predicted octanol–water partition coefficient (Wildman–Crippen LogP) is 1.38. The van der Waals surface area contributed by atoms with Gasteiger partial charge in [0, 0.05) is 12.1 Å². The molecule has 0 saturated heterocycles. The zero-order valence-corrected chi connectivity index (χ0v) is 8.84. The summed E-state index contributed by atoms with van der Waals surface area (Å²) in [6.07, 6.45) is 0.888. The monoisotopic (exact) mass is 215 g/mol. The second-order valence-electron chi connectivity index (χ2n) is 3.25. The van der Waals surface area contributed by atoms with Crippen molar-refractivity contribution in [3.05, 3.63) is 23.8 Å². The first-order valence-electron chi connectivity index (χ1n) is 4.35. The van der Waals surface area contributed by atoms with E-state index in [-0.39, 0.29) is 18.4 Å². The van der Waals surface area contributed by atoms with Crippen molar-refractivity contribution in [1.29, 1.82) is 0 Å². The minimum Gasteiger partial charge on any atom is -0.497 e. The van der Waals surface area contributed by atoms with E-state index in [0.29, 0.717) is 6.61 Å². The molecule has 0 amide bonds. The Bertz CT molecular complexity index is 317. The molecule has 0 saturated carbocycles. The van der Waals surface area contributed by atoms with Gasteiger partial charge >= 0.3 is 0 Å². The molecule has 1 heterocycles. The van der Waals surface area contributed by atoms with Gasteiger partial charge < -0.3 is 15.2 Å². The minimum atomic E-state index is 0. The van der Waals surface area contributed by atoms with Gasteiger partial charge in [-0.25, -0.2) is 0 Å². The SMILES string of the molecule is COc1ccc2c(c1)OCC(N)C2.Cl. The summed E-state index contributed by atoms with van der Waals surface area (Å²) < 4.78 is 10.6. The number of hydrogen-bond donors (Lipinski definition) is 1. The summed E-state index contributed by atoms with van der Waals surface area (Å²) in [6.45, 7) is 0.597. The molecule has 2 N–H and O–H groups in total. The zero-order chi connectivity index (χ0) is 9.26. The van der Waals surface area contributed by atoms with Crippen LogP contribution in [0.25, 0.3) is 0 Å². The van der Waals surface area contributed by atoms with Gasteiger partial charge in [-0.1, -0.05) is 6.07 Å². The smallest absolute Gasteiger partial charge is 0.126 e. The van der Waals surface area contributed by atoms with Gasteiger partial charge in [0.2, 0.25) is 0 Å². The number of methoxy groups -OCH3 is 1. The van der Waals surface area contributed by atoms with Gasteiger partial charge in [0.25, 0.3) is 0 Å². The Labute approximate surface area is 89.6 Å². The van der Waals surface area contributed by atoms with Crippen LogP contribution in [0.5, 0.6) is 11.5 Å². The molecule has 1 aromatic carbocycles. The fourth-order valence-electron chi connectivity index (χ4n) is 1.50. The summed E-state index contributed by atoms with van der Waals surface area (Å²) in [4.78, 5) is 0. The summed E-state index contributed by atoms with van der Waals surface area (Å²) in [7, 11) is 1.65. The lowest BCUT2D eigenvalue weighted by Crippen LogP contribution is -2.33. The average Bonchev–Trinajstić information content (AvgIpc) is 2.17. The summed E-state index contributed by atoms with van der Waals surface area (Å²) >= 11 is 0. The molecule has 1 unspecified atom stereocenters. The topological polar surface area (TPSA) is 44.5 Å². The number of hydrogen-bond acceptors (Lipinski definition) is 3. The molecule has 0 spiro atoms. The van der Waals surface area contributed by atoms with E-state index in [4.69, 9.17) is 15.2 Å². The standard InChI is InChI=1S/C10H13NO2.ClH/c1-12-9-3-2-7-4-8(11)6-13-10(7)5-9;/h2-3,5,8H,4,6,11H2,1H3;1H. The molecule has 3 nitrogen and oxygen atoms in total. The molecule has 0 aliphatic carbocycles. The van der Waals surface area contributed by atoms with Crippen LogP contribution in [0.2, 0.25) is 0 Å². The first-order chi connectivity index (χ1) is 6.29. The van der Waals surface area contributed by atoms with Crippen LogP contribution in [-0.4, -0.2) is 19.8 Å². The van der Waals surface area contributed by atoms with Crippen LogP contribution in [0.3, 0.4) is 0 Å². The van der Waals surface area contributed by atoms with E-state index in [1.165, 1.54) is 5.56 Å². The maximum atomic E-state index is 5.76. The molecular weight excluding hydrogens is 202 g/mol. The maximum absolute atomic E-state index is 5.76. The second kappa shape index (κ2) is 4.53. The van der Waals surface area contributed by atoms with Crippen molar-refractivity contribution in [3.63, 3.8) is 0 Å². The fourth-order valence-corrected chi connectivity index (χ4v) is 1.50. The Morgan fingerprint density at radius 2 is 2.29 bits per heavy atom. The molecule has 2 rings (SSSR count).